The van der Waals surface area contributed by atoms with E-state index in [0.29, 0.717) is 11.3 Å². The second-order valence-electron chi connectivity index (χ2n) is 9.80. The van der Waals surface area contributed by atoms with Gasteiger partial charge in [-0.05, 0) is 86.9 Å². The normalized spacial score (nSPS) is 51.2. The van der Waals surface area contributed by atoms with Gasteiger partial charge in [0.25, 0.3) is 0 Å². The van der Waals surface area contributed by atoms with Crippen LogP contribution in [0.4, 0.5) is 0 Å². The third-order valence-corrected chi connectivity index (χ3v) is 8.62. The summed E-state index contributed by atoms with van der Waals surface area (Å²) < 4.78 is 0. The van der Waals surface area contributed by atoms with E-state index < -0.39 is 5.60 Å². The van der Waals surface area contributed by atoms with Crippen molar-refractivity contribution in [2.75, 3.05) is 0 Å². The smallest absolute Gasteiger partial charge is 0.123 e. The fourth-order valence-corrected chi connectivity index (χ4v) is 7.07. The Kier molecular flexibility index (Phi) is 4.99. The highest BCUT2D eigenvalue weighted by molar-refractivity contribution is 5.56. The van der Waals surface area contributed by atoms with Crippen molar-refractivity contribution in [3.63, 3.8) is 0 Å². The summed E-state index contributed by atoms with van der Waals surface area (Å²) in [4.78, 5) is 11.6. The molecule has 7 atom stereocenters. The van der Waals surface area contributed by atoms with Gasteiger partial charge in [-0.3, -0.25) is 0 Å². The molecule has 3 saturated carbocycles. The highest BCUT2D eigenvalue weighted by Gasteiger charge is 2.59. The number of aldehydes is 1. The Balaban J connectivity index is 0.000000880. The minimum Gasteiger partial charge on any atom is -0.390 e. The number of allylic oxidation sites excluding steroid dienone is 1. The molecule has 0 aromatic rings. The van der Waals surface area contributed by atoms with Crippen molar-refractivity contribution in [3.8, 4) is 0 Å². The first kappa shape index (κ1) is 19.1. The van der Waals surface area contributed by atoms with E-state index in [0.717, 1.165) is 43.4 Å². The third-order valence-electron chi connectivity index (χ3n) is 8.62. The van der Waals surface area contributed by atoms with Gasteiger partial charge in [0.05, 0.1) is 5.60 Å². The van der Waals surface area contributed by atoms with Gasteiger partial charge in [0, 0.05) is 5.92 Å². The van der Waals surface area contributed by atoms with Crippen molar-refractivity contribution in [1.82, 2.24) is 0 Å². The number of aliphatic hydroxyl groups is 1. The summed E-state index contributed by atoms with van der Waals surface area (Å²) in [5, 5.41) is 10.5. The van der Waals surface area contributed by atoms with E-state index in [9.17, 15) is 9.90 Å². The molecule has 1 N–H and O–H groups in total. The van der Waals surface area contributed by atoms with Gasteiger partial charge in [-0.1, -0.05) is 39.3 Å². The Labute approximate surface area is 154 Å². The van der Waals surface area contributed by atoms with Gasteiger partial charge < -0.3 is 9.90 Å². The monoisotopic (exact) mass is 346 g/mol. The fourth-order valence-electron chi connectivity index (χ4n) is 7.07. The lowest BCUT2D eigenvalue weighted by molar-refractivity contribution is -0.118. The van der Waals surface area contributed by atoms with Crippen LogP contribution in [-0.4, -0.2) is 17.0 Å². The molecule has 0 aromatic carbocycles. The average molecular weight is 347 g/mol. The van der Waals surface area contributed by atoms with Crippen molar-refractivity contribution in [3.05, 3.63) is 11.6 Å². The maximum atomic E-state index is 11.6. The zero-order valence-electron chi connectivity index (χ0n) is 17.0. The van der Waals surface area contributed by atoms with E-state index in [4.69, 9.17) is 0 Å². The Morgan fingerprint density at radius 2 is 1.76 bits per heavy atom. The molecule has 2 nitrogen and oxygen atoms in total. The van der Waals surface area contributed by atoms with E-state index in [1.807, 2.05) is 20.8 Å². The molecule has 4 aliphatic rings. The number of rotatable bonds is 1. The average Bonchev–Trinajstić information content (AvgIpc) is 2.93. The van der Waals surface area contributed by atoms with Gasteiger partial charge in [0.2, 0.25) is 0 Å². The molecule has 3 fully saturated rings. The molecule has 2 heteroatoms. The van der Waals surface area contributed by atoms with Gasteiger partial charge in [0.15, 0.2) is 0 Å². The molecule has 4 rings (SSSR count). The maximum absolute atomic E-state index is 11.6. The first-order valence-corrected chi connectivity index (χ1v) is 10.7. The second-order valence-corrected chi connectivity index (χ2v) is 9.80. The van der Waals surface area contributed by atoms with Crippen LogP contribution in [0.25, 0.3) is 0 Å². The minimum absolute atomic E-state index is 0.255. The zero-order chi connectivity index (χ0) is 18.5. The lowest BCUT2D eigenvalue weighted by atomic mass is 9.47. The van der Waals surface area contributed by atoms with E-state index >= 15 is 0 Å². The molecule has 4 aliphatic carbocycles. The number of hydrogen-bond donors (Lipinski definition) is 1. The summed E-state index contributed by atoms with van der Waals surface area (Å²) in [7, 11) is 0. The topological polar surface area (TPSA) is 37.3 Å². The molecule has 25 heavy (non-hydrogen) atoms. The molecular weight excluding hydrogens is 308 g/mol. The number of carbonyl (C=O) groups is 1. The molecule has 6 unspecified atom stereocenters. The van der Waals surface area contributed by atoms with Crippen LogP contribution in [0, 0.1) is 34.5 Å². The molecule has 0 aliphatic heterocycles. The van der Waals surface area contributed by atoms with Crippen molar-refractivity contribution < 1.29 is 9.90 Å². The summed E-state index contributed by atoms with van der Waals surface area (Å²) in [6.45, 7) is 10.9. The Hall–Kier alpha value is -0.630. The third kappa shape index (κ3) is 2.83. The molecule has 0 amide bonds. The summed E-state index contributed by atoms with van der Waals surface area (Å²) in [6.07, 6.45) is 12.7. The Morgan fingerprint density at radius 1 is 1.04 bits per heavy atom. The first-order chi connectivity index (χ1) is 11.8. The molecule has 0 saturated heterocycles. The SMILES string of the molecule is CC.CC12CC[C@](C)(O)CC1=CCC1C2CCC2(C)C(C=O)CCC12. The quantitative estimate of drug-likeness (QED) is 0.500. The number of carbonyl (C=O) groups excluding carboxylic acids is 1. The molecule has 0 heterocycles. The lowest BCUT2D eigenvalue weighted by Gasteiger charge is -2.58. The molecule has 142 valence electrons. The van der Waals surface area contributed by atoms with Crippen LogP contribution < -0.4 is 0 Å². The zero-order valence-corrected chi connectivity index (χ0v) is 17.0. The standard InChI is InChI=1S/C21H32O2.C2H6/c1-19(23)10-11-21(3)14(12-19)4-6-16-17-7-5-15(13-22)20(17,2)9-8-18(16)21;1-2/h4,13,15-18,23H,5-12H2,1-3H3;1-2H3/t15?,16?,17?,18?,19-,20?,21?;/m0./s1. The largest absolute Gasteiger partial charge is 0.390 e. The van der Waals surface area contributed by atoms with Crippen molar-refractivity contribution in [1.29, 1.82) is 0 Å². The molecule has 0 aromatic heterocycles. The number of fused-ring (bicyclic) bond motifs is 5. The van der Waals surface area contributed by atoms with Gasteiger partial charge >= 0.3 is 0 Å². The second kappa shape index (κ2) is 6.51. The van der Waals surface area contributed by atoms with Gasteiger partial charge in [0.1, 0.15) is 6.29 Å². The summed E-state index contributed by atoms with van der Waals surface area (Å²) in [6, 6.07) is 0. The van der Waals surface area contributed by atoms with Gasteiger partial charge in [-0.15, -0.1) is 0 Å². The van der Waals surface area contributed by atoms with Crippen LogP contribution in [0.3, 0.4) is 0 Å². The van der Waals surface area contributed by atoms with Crippen LogP contribution >= 0.6 is 0 Å². The molecule has 0 radical (unpaired) electrons. The summed E-state index contributed by atoms with van der Waals surface area (Å²) >= 11 is 0. The van der Waals surface area contributed by atoms with Crippen LogP contribution in [0.15, 0.2) is 11.6 Å². The van der Waals surface area contributed by atoms with E-state index in [1.54, 1.807) is 0 Å². The van der Waals surface area contributed by atoms with Crippen molar-refractivity contribution in [2.24, 2.45) is 34.5 Å². The van der Waals surface area contributed by atoms with Crippen molar-refractivity contribution in [2.45, 2.75) is 91.6 Å². The molecule has 0 spiro atoms. The summed E-state index contributed by atoms with van der Waals surface area (Å²) in [5.41, 5.74) is 1.58. The van der Waals surface area contributed by atoms with Crippen LogP contribution in [0.5, 0.6) is 0 Å². The van der Waals surface area contributed by atoms with Crippen LogP contribution in [0.2, 0.25) is 0 Å². The predicted molar refractivity (Wildman–Crippen MR) is 103 cm³/mol. The van der Waals surface area contributed by atoms with Crippen LogP contribution in [-0.2, 0) is 4.79 Å². The highest BCUT2D eigenvalue weighted by Crippen LogP contribution is 2.66. The highest BCUT2D eigenvalue weighted by atomic mass is 16.3. The molecule has 0 bridgehead atoms. The van der Waals surface area contributed by atoms with Crippen LogP contribution in [0.1, 0.15) is 86.0 Å². The maximum Gasteiger partial charge on any atom is 0.123 e. The molecular formula is C23H38O2. The fraction of sp³-hybridized carbons (Fsp3) is 0.870. The van der Waals surface area contributed by atoms with E-state index in [2.05, 4.69) is 19.9 Å². The predicted octanol–water partition coefficient (Wildman–Crippen LogP) is 5.54. The lowest BCUT2D eigenvalue weighted by Crippen LogP contribution is -2.51. The number of hydrogen-bond acceptors (Lipinski definition) is 2. The first-order valence-electron chi connectivity index (χ1n) is 10.7. The Morgan fingerprint density at radius 3 is 2.44 bits per heavy atom. The van der Waals surface area contributed by atoms with Gasteiger partial charge in [-0.2, -0.15) is 0 Å². The minimum atomic E-state index is -0.503. The Bertz CT molecular complexity index is 548. The van der Waals surface area contributed by atoms with Gasteiger partial charge in [-0.25, -0.2) is 0 Å². The van der Waals surface area contributed by atoms with E-state index in [-0.39, 0.29) is 5.41 Å². The van der Waals surface area contributed by atoms with Crippen molar-refractivity contribution >= 4 is 6.29 Å². The van der Waals surface area contributed by atoms with E-state index in [1.165, 1.54) is 37.5 Å². The summed E-state index contributed by atoms with van der Waals surface area (Å²) in [5.74, 6) is 2.55.